The molecule has 0 bridgehead atoms. The molecule has 1 saturated heterocycles. The summed E-state index contributed by atoms with van der Waals surface area (Å²) in [5.74, 6) is 2.41. The van der Waals surface area contributed by atoms with E-state index in [1.54, 1.807) is 0 Å². The third kappa shape index (κ3) is 1.82. The number of thioether (sulfide) groups is 1. The minimum Gasteiger partial charge on any atom is -0.397 e. The van der Waals surface area contributed by atoms with Gasteiger partial charge in [0.1, 0.15) is 0 Å². The predicted molar refractivity (Wildman–Crippen MR) is 65.0 cm³/mol. The maximum Gasteiger partial charge on any atom is 0.0602 e. The molecule has 1 fully saturated rings. The van der Waals surface area contributed by atoms with Crippen molar-refractivity contribution in [2.24, 2.45) is 0 Å². The number of hydrogen-bond donors (Lipinski definition) is 1. The number of benzene rings is 1. The van der Waals surface area contributed by atoms with Crippen molar-refractivity contribution in [1.82, 2.24) is 0 Å². The first kappa shape index (κ1) is 9.71. The Bertz CT molecular complexity index is 314. The van der Waals surface area contributed by atoms with Gasteiger partial charge in [-0.25, -0.2) is 0 Å². The highest BCUT2D eigenvalue weighted by atomic mass is 32.2. The smallest absolute Gasteiger partial charge is 0.0602 e. The molecule has 0 amide bonds. The van der Waals surface area contributed by atoms with Gasteiger partial charge in [-0.1, -0.05) is 12.1 Å². The third-order valence-corrected chi connectivity index (χ3v) is 3.80. The number of nitrogen functional groups attached to an aromatic ring is 1. The molecule has 1 aliphatic rings. The van der Waals surface area contributed by atoms with Crippen molar-refractivity contribution in [1.29, 1.82) is 0 Å². The molecule has 1 aromatic rings. The van der Waals surface area contributed by atoms with Crippen LogP contribution in [0.1, 0.15) is 6.92 Å². The molecule has 14 heavy (non-hydrogen) atoms. The number of nitrogens with two attached hydrogens (primary N) is 1. The zero-order chi connectivity index (χ0) is 9.97. The van der Waals surface area contributed by atoms with Crippen LogP contribution in [-0.4, -0.2) is 24.1 Å². The molecule has 1 unspecified atom stereocenters. The first-order chi connectivity index (χ1) is 6.79. The Labute approximate surface area is 89.5 Å². The lowest BCUT2D eigenvalue weighted by molar-refractivity contribution is 0.701. The Morgan fingerprint density at radius 3 is 2.93 bits per heavy atom. The summed E-state index contributed by atoms with van der Waals surface area (Å²) >= 11 is 2.02. The number of anilines is 2. The van der Waals surface area contributed by atoms with E-state index in [1.165, 1.54) is 17.2 Å². The monoisotopic (exact) mass is 208 g/mol. The van der Waals surface area contributed by atoms with E-state index in [2.05, 4.69) is 24.0 Å². The molecular formula is C11H16N2S. The summed E-state index contributed by atoms with van der Waals surface area (Å²) in [6.45, 7) is 3.37. The van der Waals surface area contributed by atoms with Crippen molar-refractivity contribution in [3.8, 4) is 0 Å². The minimum atomic E-state index is 0.596. The molecule has 0 aromatic heterocycles. The van der Waals surface area contributed by atoms with Crippen LogP contribution in [0.4, 0.5) is 11.4 Å². The number of rotatable bonds is 1. The first-order valence-corrected chi connectivity index (χ1v) is 6.13. The van der Waals surface area contributed by atoms with Crippen LogP contribution in [0.3, 0.4) is 0 Å². The summed E-state index contributed by atoms with van der Waals surface area (Å²) in [6.07, 6.45) is 0. The van der Waals surface area contributed by atoms with E-state index in [1.807, 2.05) is 23.9 Å². The van der Waals surface area contributed by atoms with Crippen LogP contribution >= 0.6 is 11.8 Å². The van der Waals surface area contributed by atoms with Gasteiger partial charge in [-0.2, -0.15) is 11.8 Å². The Kier molecular flexibility index (Phi) is 2.87. The summed E-state index contributed by atoms with van der Waals surface area (Å²) in [5, 5.41) is 0. The van der Waals surface area contributed by atoms with Gasteiger partial charge in [0.25, 0.3) is 0 Å². The van der Waals surface area contributed by atoms with Gasteiger partial charge in [-0.15, -0.1) is 0 Å². The lowest BCUT2D eigenvalue weighted by atomic mass is 10.2. The van der Waals surface area contributed by atoms with E-state index in [0.717, 1.165) is 12.2 Å². The molecule has 0 aliphatic carbocycles. The zero-order valence-corrected chi connectivity index (χ0v) is 9.26. The topological polar surface area (TPSA) is 29.3 Å². The summed E-state index contributed by atoms with van der Waals surface area (Å²) in [6, 6.07) is 8.73. The molecule has 0 radical (unpaired) electrons. The second-order valence-electron chi connectivity index (χ2n) is 3.68. The molecule has 0 spiro atoms. The largest absolute Gasteiger partial charge is 0.397 e. The molecule has 3 heteroatoms. The summed E-state index contributed by atoms with van der Waals surface area (Å²) in [7, 11) is 0. The molecule has 1 atom stereocenters. The second-order valence-corrected chi connectivity index (χ2v) is 4.83. The normalized spacial score (nSPS) is 22.4. The molecule has 1 heterocycles. The second kappa shape index (κ2) is 4.13. The van der Waals surface area contributed by atoms with Gasteiger partial charge in [0, 0.05) is 24.1 Å². The minimum absolute atomic E-state index is 0.596. The molecule has 2 rings (SSSR count). The van der Waals surface area contributed by atoms with Crippen LogP contribution in [0.15, 0.2) is 24.3 Å². The van der Waals surface area contributed by atoms with Crippen molar-refractivity contribution in [2.75, 3.05) is 28.7 Å². The van der Waals surface area contributed by atoms with Crippen molar-refractivity contribution < 1.29 is 0 Å². The lowest BCUT2D eigenvalue weighted by Crippen LogP contribution is -2.40. The van der Waals surface area contributed by atoms with Crippen molar-refractivity contribution >= 4 is 23.1 Å². The Morgan fingerprint density at radius 1 is 1.43 bits per heavy atom. The quantitative estimate of drug-likeness (QED) is 0.717. The number of para-hydroxylation sites is 2. The van der Waals surface area contributed by atoms with Gasteiger partial charge in [-0.3, -0.25) is 0 Å². The molecule has 76 valence electrons. The van der Waals surface area contributed by atoms with E-state index in [0.29, 0.717) is 6.04 Å². The van der Waals surface area contributed by atoms with Crippen molar-refractivity contribution in [3.05, 3.63) is 24.3 Å². The molecular weight excluding hydrogens is 192 g/mol. The maximum atomic E-state index is 5.97. The SMILES string of the molecule is CC1CSCCN1c1ccccc1N. The van der Waals surface area contributed by atoms with Gasteiger partial charge in [0.05, 0.1) is 11.4 Å². The average Bonchev–Trinajstić information content (AvgIpc) is 2.20. The Morgan fingerprint density at radius 2 is 2.21 bits per heavy atom. The van der Waals surface area contributed by atoms with Crippen LogP contribution in [0.5, 0.6) is 0 Å². The van der Waals surface area contributed by atoms with Gasteiger partial charge in [0.2, 0.25) is 0 Å². The Hall–Kier alpha value is -0.830. The van der Waals surface area contributed by atoms with Crippen LogP contribution in [-0.2, 0) is 0 Å². The molecule has 1 aromatic carbocycles. The lowest BCUT2D eigenvalue weighted by Gasteiger charge is -2.35. The standard InChI is InChI=1S/C11H16N2S/c1-9-8-14-7-6-13(9)11-5-3-2-4-10(11)12/h2-5,9H,6-8,12H2,1H3. The zero-order valence-electron chi connectivity index (χ0n) is 8.44. The van der Waals surface area contributed by atoms with Gasteiger partial charge >= 0.3 is 0 Å². The average molecular weight is 208 g/mol. The highest BCUT2D eigenvalue weighted by Gasteiger charge is 2.19. The first-order valence-electron chi connectivity index (χ1n) is 4.98. The highest BCUT2D eigenvalue weighted by molar-refractivity contribution is 7.99. The number of nitrogens with zero attached hydrogens (tertiary/aromatic N) is 1. The fourth-order valence-electron chi connectivity index (χ4n) is 1.83. The van der Waals surface area contributed by atoms with Gasteiger partial charge < -0.3 is 10.6 Å². The summed E-state index contributed by atoms with van der Waals surface area (Å²) in [4.78, 5) is 2.41. The third-order valence-electron chi connectivity index (χ3n) is 2.61. The van der Waals surface area contributed by atoms with E-state index in [9.17, 15) is 0 Å². The van der Waals surface area contributed by atoms with Crippen LogP contribution in [0, 0.1) is 0 Å². The number of hydrogen-bond acceptors (Lipinski definition) is 3. The Balaban J connectivity index is 2.25. The van der Waals surface area contributed by atoms with E-state index >= 15 is 0 Å². The van der Waals surface area contributed by atoms with E-state index in [4.69, 9.17) is 5.73 Å². The van der Waals surface area contributed by atoms with Crippen LogP contribution in [0.2, 0.25) is 0 Å². The fourth-order valence-corrected chi connectivity index (χ4v) is 2.85. The van der Waals surface area contributed by atoms with Crippen molar-refractivity contribution in [3.63, 3.8) is 0 Å². The van der Waals surface area contributed by atoms with Gasteiger partial charge in [-0.05, 0) is 19.1 Å². The molecule has 2 nitrogen and oxygen atoms in total. The highest BCUT2D eigenvalue weighted by Crippen LogP contribution is 2.28. The van der Waals surface area contributed by atoms with Crippen LogP contribution in [0.25, 0.3) is 0 Å². The van der Waals surface area contributed by atoms with Crippen LogP contribution < -0.4 is 10.6 Å². The summed E-state index contributed by atoms with van der Waals surface area (Å²) in [5.41, 5.74) is 8.05. The van der Waals surface area contributed by atoms with Gasteiger partial charge in [0.15, 0.2) is 0 Å². The molecule has 2 N–H and O–H groups in total. The molecule has 1 aliphatic heterocycles. The fraction of sp³-hybridized carbons (Fsp3) is 0.455. The van der Waals surface area contributed by atoms with E-state index in [-0.39, 0.29) is 0 Å². The van der Waals surface area contributed by atoms with Crippen molar-refractivity contribution in [2.45, 2.75) is 13.0 Å². The predicted octanol–water partition coefficient (Wildman–Crippen LogP) is 2.21. The maximum absolute atomic E-state index is 5.97. The summed E-state index contributed by atoms with van der Waals surface area (Å²) < 4.78 is 0. The van der Waals surface area contributed by atoms with E-state index < -0.39 is 0 Å². The molecule has 0 saturated carbocycles.